The lowest BCUT2D eigenvalue weighted by molar-refractivity contribution is 0.170. The minimum absolute atomic E-state index is 0.277. The van der Waals surface area contributed by atoms with Gasteiger partial charge in [-0.25, -0.2) is 0 Å². The molecule has 2 aromatic rings. The zero-order valence-corrected chi connectivity index (χ0v) is 14.2. The lowest BCUT2D eigenvalue weighted by atomic mass is 9.88. The Labute approximate surface area is 142 Å². The van der Waals surface area contributed by atoms with Gasteiger partial charge in [-0.15, -0.1) is 0 Å². The van der Waals surface area contributed by atoms with E-state index < -0.39 is 0 Å². The second kappa shape index (κ2) is 6.36. The third-order valence-electron chi connectivity index (χ3n) is 5.10. The molecule has 4 heteroatoms. The number of nitrogens with zero attached hydrogens (tertiary/aromatic N) is 1. The Bertz CT molecular complexity index is 729. The van der Waals surface area contributed by atoms with E-state index in [0.29, 0.717) is 6.04 Å². The maximum Gasteiger partial charge on any atom is 0.231 e. The summed E-state index contributed by atoms with van der Waals surface area (Å²) in [6, 6.07) is 13.1. The van der Waals surface area contributed by atoms with E-state index in [0.717, 1.165) is 43.1 Å². The number of likely N-dealkylation sites (N-methyl/N-ethyl adjacent to an activating group) is 1. The molecule has 0 aliphatic carbocycles. The molecular weight excluding hydrogens is 302 g/mol. The lowest BCUT2D eigenvalue weighted by Crippen LogP contribution is -2.33. The van der Waals surface area contributed by atoms with Crippen molar-refractivity contribution in [2.75, 3.05) is 27.5 Å². The highest BCUT2D eigenvalue weighted by molar-refractivity contribution is 5.61. The molecule has 0 bridgehead atoms. The standard InChI is InChI=1S/C20H23NO3/c1-21-11-10-15-12-17-19(24-13-23-17)20(22-2)18(15)16(21)9-8-14-6-4-3-5-7-14/h3-7,12,16H,8-11,13H2,1-2H3. The van der Waals surface area contributed by atoms with Crippen molar-refractivity contribution >= 4 is 0 Å². The van der Waals surface area contributed by atoms with Crippen LogP contribution in [0.25, 0.3) is 0 Å². The van der Waals surface area contributed by atoms with E-state index in [2.05, 4.69) is 48.3 Å². The van der Waals surface area contributed by atoms with Crippen LogP contribution >= 0.6 is 0 Å². The fourth-order valence-corrected chi connectivity index (χ4v) is 3.84. The van der Waals surface area contributed by atoms with Gasteiger partial charge in [0.15, 0.2) is 11.5 Å². The molecule has 4 rings (SSSR count). The van der Waals surface area contributed by atoms with Crippen LogP contribution in [0.15, 0.2) is 36.4 Å². The number of aryl methyl sites for hydroxylation is 1. The number of hydrogen-bond donors (Lipinski definition) is 0. The summed E-state index contributed by atoms with van der Waals surface area (Å²) in [5.74, 6) is 2.43. The quantitative estimate of drug-likeness (QED) is 0.860. The molecule has 0 amide bonds. The van der Waals surface area contributed by atoms with Crippen LogP contribution in [0.1, 0.15) is 29.2 Å². The second-order valence-electron chi connectivity index (χ2n) is 6.49. The number of hydrogen-bond acceptors (Lipinski definition) is 4. The molecule has 126 valence electrons. The number of ether oxygens (including phenoxy) is 3. The van der Waals surface area contributed by atoms with E-state index in [1.807, 2.05) is 0 Å². The molecule has 4 nitrogen and oxygen atoms in total. The lowest BCUT2D eigenvalue weighted by Gasteiger charge is -2.36. The van der Waals surface area contributed by atoms with E-state index in [9.17, 15) is 0 Å². The Morgan fingerprint density at radius 3 is 2.83 bits per heavy atom. The van der Waals surface area contributed by atoms with Gasteiger partial charge in [-0.1, -0.05) is 30.3 Å². The van der Waals surface area contributed by atoms with Gasteiger partial charge in [0, 0.05) is 18.2 Å². The zero-order valence-electron chi connectivity index (χ0n) is 14.2. The van der Waals surface area contributed by atoms with E-state index >= 15 is 0 Å². The first kappa shape index (κ1) is 15.3. The molecular formula is C20H23NO3. The van der Waals surface area contributed by atoms with Crippen LogP contribution < -0.4 is 14.2 Å². The average Bonchev–Trinajstić information content (AvgIpc) is 3.08. The van der Waals surface area contributed by atoms with E-state index in [-0.39, 0.29) is 6.79 Å². The van der Waals surface area contributed by atoms with Gasteiger partial charge in [-0.05, 0) is 43.5 Å². The molecule has 2 aliphatic heterocycles. The smallest absolute Gasteiger partial charge is 0.231 e. The SMILES string of the molecule is COc1c2c(cc3c1C(CCc1ccccc1)N(C)CC3)OCO2. The summed E-state index contributed by atoms with van der Waals surface area (Å²) in [4.78, 5) is 2.43. The van der Waals surface area contributed by atoms with Crippen LogP contribution in [-0.2, 0) is 12.8 Å². The van der Waals surface area contributed by atoms with Crippen LogP contribution in [0, 0.1) is 0 Å². The molecule has 2 aromatic carbocycles. The van der Waals surface area contributed by atoms with Crippen molar-refractivity contribution in [3.05, 3.63) is 53.1 Å². The van der Waals surface area contributed by atoms with Crippen molar-refractivity contribution < 1.29 is 14.2 Å². The largest absolute Gasteiger partial charge is 0.492 e. The first-order valence-electron chi connectivity index (χ1n) is 8.51. The minimum atomic E-state index is 0.277. The van der Waals surface area contributed by atoms with Crippen LogP contribution in [-0.4, -0.2) is 32.4 Å². The summed E-state index contributed by atoms with van der Waals surface area (Å²) in [6.07, 6.45) is 3.12. The van der Waals surface area contributed by atoms with Crippen molar-refractivity contribution in [3.8, 4) is 17.2 Å². The Hall–Kier alpha value is -2.20. The Morgan fingerprint density at radius 1 is 1.21 bits per heavy atom. The number of fused-ring (bicyclic) bond motifs is 2. The molecule has 2 heterocycles. The van der Waals surface area contributed by atoms with Crippen LogP contribution in [0.5, 0.6) is 17.2 Å². The van der Waals surface area contributed by atoms with Crippen LogP contribution in [0.3, 0.4) is 0 Å². The first-order chi connectivity index (χ1) is 11.8. The fourth-order valence-electron chi connectivity index (χ4n) is 3.84. The molecule has 0 saturated heterocycles. The fraction of sp³-hybridized carbons (Fsp3) is 0.400. The number of rotatable bonds is 4. The van der Waals surface area contributed by atoms with Crippen molar-refractivity contribution in [1.82, 2.24) is 4.90 Å². The third-order valence-corrected chi connectivity index (χ3v) is 5.10. The van der Waals surface area contributed by atoms with Gasteiger partial charge < -0.3 is 14.2 Å². The summed E-state index contributed by atoms with van der Waals surface area (Å²) in [5.41, 5.74) is 3.97. The summed E-state index contributed by atoms with van der Waals surface area (Å²) in [6.45, 7) is 1.33. The predicted molar refractivity (Wildman–Crippen MR) is 93.0 cm³/mol. The van der Waals surface area contributed by atoms with Gasteiger partial charge in [0.25, 0.3) is 0 Å². The maximum atomic E-state index is 5.75. The summed E-state index contributed by atoms with van der Waals surface area (Å²) in [5, 5.41) is 0. The zero-order chi connectivity index (χ0) is 16.5. The van der Waals surface area contributed by atoms with Crippen LogP contribution in [0.4, 0.5) is 0 Å². The highest BCUT2D eigenvalue weighted by Gasteiger charge is 2.33. The third kappa shape index (κ3) is 2.61. The van der Waals surface area contributed by atoms with E-state index in [1.165, 1.54) is 16.7 Å². The Kier molecular flexibility index (Phi) is 4.07. The second-order valence-corrected chi connectivity index (χ2v) is 6.49. The molecule has 1 unspecified atom stereocenters. The van der Waals surface area contributed by atoms with Gasteiger partial charge in [0.1, 0.15) is 0 Å². The van der Waals surface area contributed by atoms with Crippen molar-refractivity contribution in [2.45, 2.75) is 25.3 Å². The monoisotopic (exact) mass is 325 g/mol. The number of benzene rings is 2. The molecule has 0 aromatic heterocycles. The maximum absolute atomic E-state index is 5.75. The van der Waals surface area contributed by atoms with Gasteiger partial charge in [-0.3, -0.25) is 4.90 Å². The summed E-state index contributed by atoms with van der Waals surface area (Å²) in [7, 11) is 3.92. The van der Waals surface area contributed by atoms with Crippen molar-refractivity contribution in [1.29, 1.82) is 0 Å². The van der Waals surface area contributed by atoms with Gasteiger partial charge in [0.05, 0.1) is 7.11 Å². The van der Waals surface area contributed by atoms with Crippen molar-refractivity contribution in [2.24, 2.45) is 0 Å². The summed E-state index contributed by atoms with van der Waals surface area (Å²) < 4.78 is 17.0. The topological polar surface area (TPSA) is 30.9 Å². The highest BCUT2D eigenvalue weighted by atomic mass is 16.7. The Morgan fingerprint density at radius 2 is 2.04 bits per heavy atom. The van der Waals surface area contributed by atoms with Crippen LogP contribution in [0.2, 0.25) is 0 Å². The molecule has 2 aliphatic rings. The Balaban J connectivity index is 1.69. The molecule has 0 spiro atoms. The molecule has 0 saturated carbocycles. The van der Waals surface area contributed by atoms with E-state index in [4.69, 9.17) is 14.2 Å². The molecule has 0 radical (unpaired) electrons. The first-order valence-corrected chi connectivity index (χ1v) is 8.51. The predicted octanol–water partition coefficient (Wildman–Crippen LogP) is 3.59. The number of methoxy groups -OCH3 is 1. The molecule has 0 fully saturated rings. The van der Waals surface area contributed by atoms with Crippen molar-refractivity contribution in [3.63, 3.8) is 0 Å². The normalized spacial score (nSPS) is 19.2. The van der Waals surface area contributed by atoms with E-state index in [1.54, 1.807) is 7.11 Å². The highest BCUT2D eigenvalue weighted by Crippen LogP contribution is 2.50. The summed E-state index contributed by atoms with van der Waals surface area (Å²) >= 11 is 0. The van der Waals surface area contributed by atoms with Gasteiger partial charge in [0.2, 0.25) is 12.5 Å². The average molecular weight is 325 g/mol. The van der Waals surface area contributed by atoms with Gasteiger partial charge >= 0.3 is 0 Å². The molecule has 1 atom stereocenters. The molecule has 24 heavy (non-hydrogen) atoms. The minimum Gasteiger partial charge on any atom is -0.492 e. The van der Waals surface area contributed by atoms with Gasteiger partial charge in [-0.2, -0.15) is 0 Å². The molecule has 0 N–H and O–H groups in total.